The fourth-order valence-corrected chi connectivity index (χ4v) is 1.85. The lowest BCUT2D eigenvalue weighted by atomic mass is 9.94. The van der Waals surface area contributed by atoms with Gasteiger partial charge in [-0.15, -0.1) is 0 Å². The van der Waals surface area contributed by atoms with E-state index in [4.69, 9.17) is 16.3 Å². The standard InChI is InChI=1S/C12H15ClO2/c1-7(2)10-5-9(13)6-11(8(10)3)12(14)15-4/h5-7H,1-4H3. The molecule has 2 nitrogen and oxygen atoms in total. The highest BCUT2D eigenvalue weighted by atomic mass is 35.5. The van der Waals surface area contributed by atoms with Gasteiger partial charge in [-0.2, -0.15) is 0 Å². The fraction of sp³-hybridized carbons (Fsp3) is 0.417. The second-order valence-corrected chi connectivity index (χ2v) is 4.25. The van der Waals surface area contributed by atoms with E-state index in [1.165, 1.54) is 7.11 Å². The van der Waals surface area contributed by atoms with Crippen LogP contribution < -0.4 is 0 Å². The average Bonchev–Trinajstić information content (AvgIpc) is 2.19. The third-order valence-corrected chi connectivity index (χ3v) is 2.66. The Bertz CT molecular complexity index is 383. The van der Waals surface area contributed by atoms with Gasteiger partial charge in [-0.3, -0.25) is 0 Å². The summed E-state index contributed by atoms with van der Waals surface area (Å²) in [5, 5.41) is 0.574. The van der Waals surface area contributed by atoms with Crippen molar-refractivity contribution in [2.45, 2.75) is 26.7 Å². The van der Waals surface area contributed by atoms with Gasteiger partial charge in [-0.05, 0) is 36.1 Å². The predicted molar refractivity (Wildman–Crippen MR) is 61.6 cm³/mol. The minimum atomic E-state index is -0.336. The second-order valence-electron chi connectivity index (χ2n) is 3.81. The summed E-state index contributed by atoms with van der Waals surface area (Å²) in [6.07, 6.45) is 0. The van der Waals surface area contributed by atoms with Crippen molar-refractivity contribution in [2.75, 3.05) is 7.11 Å². The summed E-state index contributed by atoms with van der Waals surface area (Å²) in [6, 6.07) is 3.54. The highest BCUT2D eigenvalue weighted by Gasteiger charge is 2.15. The van der Waals surface area contributed by atoms with Gasteiger partial charge >= 0.3 is 5.97 Å². The van der Waals surface area contributed by atoms with Gasteiger partial charge < -0.3 is 4.74 Å². The molecule has 0 aromatic heterocycles. The molecule has 82 valence electrons. The number of halogens is 1. The van der Waals surface area contributed by atoms with E-state index < -0.39 is 0 Å². The number of esters is 1. The summed E-state index contributed by atoms with van der Waals surface area (Å²) in [7, 11) is 1.37. The van der Waals surface area contributed by atoms with Crippen molar-refractivity contribution in [3.8, 4) is 0 Å². The largest absolute Gasteiger partial charge is 0.465 e. The van der Waals surface area contributed by atoms with Crippen LogP contribution in [0.15, 0.2) is 12.1 Å². The molecule has 1 aromatic rings. The summed E-state index contributed by atoms with van der Waals surface area (Å²) in [5.41, 5.74) is 2.58. The van der Waals surface area contributed by atoms with Gasteiger partial charge in [0.25, 0.3) is 0 Å². The van der Waals surface area contributed by atoms with Crippen LogP contribution in [0.25, 0.3) is 0 Å². The minimum Gasteiger partial charge on any atom is -0.465 e. The van der Waals surface area contributed by atoms with Crippen LogP contribution >= 0.6 is 11.6 Å². The minimum absolute atomic E-state index is 0.336. The molecule has 0 unspecified atom stereocenters. The molecule has 0 spiro atoms. The van der Waals surface area contributed by atoms with Crippen LogP contribution in [0.2, 0.25) is 5.02 Å². The Morgan fingerprint density at radius 1 is 1.40 bits per heavy atom. The highest BCUT2D eigenvalue weighted by Crippen LogP contribution is 2.26. The molecule has 0 heterocycles. The molecule has 0 fully saturated rings. The van der Waals surface area contributed by atoms with Crippen LogP contribution in [0.4, 0.5) is 0 Å². The number of ether oxygens (including phenoxy) is 1. The molecule has 0 radical (unpaired) electrons. The number of hydrogen-bond donors (Lipinski definition) is 0. The predicted octanol–water partition coefficient (Wildman–Crippen LogP) is 3.56. The maximum Gasteiger partial charge on any atom is 0.338 e. The lowest BCUT2D eigenvalue weighted by molar-refractivity contribution is 0.0600. The van der Waals surface area contributed by atoms with Crippen LogP contribution in [-0.4, -0.2) is 13.1 Å². The van der Waals surface area contributed by atoms with Gasteiger partial charge in [0, 0.05) is 5.02 Å². The number of rotatable bonds is 2. The molecule has 3 heteroatoms. The van der Waals surface area contributed by atoms with E-state index in [9.17, 15) is 4.79 Å². The molecule has 15 heavy (non-hydrogen) atoms. The van der Waals surface area contributed by atoms with E-state index in [1.807, 2.05) is 13.0 Å². The summed E-state index contributed by atoms with van der Waals surface area (Å²) >= 11 is 5.96. The normalized spacial score (nSPS) is 10.5. The quantitative estimate of drug-likeness (QED) is 0.721. The molecule has 0 saturated heterocycles. The monoisotopic (exact) mass is 226 g/mol. The van der Waals surface area contributed by atoms with Crippen LogP contribution in [0, 0.1) is 6.92 Å². The Labute approximate surface area is 95.2 Å². The third kappa shape index (κ3) is 2.51. The Hall–Kier alpha value is -1.02. The molecule has 0 N–H and O–H groups in total. The van der Waals surface area contributed by atoms with E-state index in [2.05, 4.69) is 13.8 Å². The maximum atomic E-state index is 11.5. The summed E-state index contributed by atoms with van der Waals surface area (Å²) in [4.78, 5) is 11.5. The fourth-order valence-electron chi connectivity index (χ4n) is 1.62. The van der Waals surface area contributed by atoms with Crippen molar-refractivity contribution < 1.29 is 9.53 Å². The molecule has 0 aliphatic heterocycles. The zero-order valence-corrected chi connectivity index (χ0v) is 10.2. The molecule has 0 atom stereocenters. The molecule has 1 aromatic carbocycles. The van der Waals surface area contributed by atoms with Gasteiger partial charge in [-0.1, -0.05) is 25.4 Å². The summed E-state index contributed by atoms with van der Waals surface area (Å²) in [6.45, 7) is 6.05. The topological polar surface area (TPSA) is 26.3 Å². The zero-order valence-electron chi connectivity index (χ0n) is 9.43. The van der Waals surface area contributed by atoms with Crippen molar-refractivity contribution in [2.24, 2.45) is 0 Å². The summed E-state index contributed by atoms with van der Waals surface area (Å²) in [5.74, 6) is 0.00371. The molecule has 0 aliphatic rings. The maximum absolute atomic E-state index is 11.5. The van der Waals surface area contributed by atoms with E-state index in [1.54, 1.807) is 6.07 Å². The van der Waals surface area contributed by atoms with Crippen molar-refractivity contribution in [3.63, 3.8) is 0 Å². The van der Waals surface area contributed by atoms with Crippen molar-refractivity contribution in [1.29, 1.82) is 0 Å². The summed E-state index contributed by atoms with van der Waals surface area (Å²) < 4.78 is 4.71. The number of carbonyl (C=O) groups is 1. The van der Waals surface area contributed by atoms with Gasteiger partial charge in [0.1, 0.15) is 0 Å². The first-order valence-corrected chi connectivity index (χ1v) is 5.23. The van der Waals surface area contributed by atoms with Gasteiger partial charge in [-0.25, -0.2) is 4.79 Å². The molecule has 0 saturated carbocycles. The van der Waals surface area contributed by atoms with Crippen LogP contribution in [0.1, 0.15) is 41.3 Å². The molecule has 0 amide bonds. The van der Waals surface area contributed by atoms with E-state index in [0.29, 0.717) is 16.5 Å². The van der Waals surface area contributed by atoms with Crippen molar-refractivity contribution in [1.82, 2.24) is 0 Å². The van der Waals surface area contributed by atoms with Gasteiger partial charge in [0.05, 0.1) is 12.7 Å². The average molecular weight is 227 g/mol. The van der Waals surface area contributed by atoms with E-state index in [0.717, 1.165) is 11.1 Å². The molecular weight excluding hydrogens is 212 g/mol. The third-order valence-electron chi connectivity index (χ3n) is 2.44. The van der Waals surface area contributed by atoms with E-state index >= 15 is 0 Å². The SMILES string of the molecule is COC(=O)c1cc(Cl)cc(C(C)C)c1C. The van der Waals surface area contributed by atoms with Crippen LogP contribution in [0.5, 0.6) is 0 Å². The number of carbonyl (C=O) groups excluding carboxylic acids is 1. The number of benzene rings is 1. The Morgan fingerprint density at radius 2 is 2.00 bits per heavy atom. The first-order chi connectivity index (χ1) is 6.97. The Morgan fingerprint density at radius 3 is 2.47 bits per heavy atom. The smallest absolute Gasteiger partial charge is 0.338 e. The molecule has 0 aliphatic carbocycles. The van der Waals surface area contributed by atoms with Crippen LogP contribution in [-0.2, 0) is 4.74 Å². The highest BCUT2D eigenvalue weighted by molar-refractivity contribution is 6.31. The molecule has 1 rings (SSSR count). The first kappa shape index (κ1) is 12.1. The van der Waals surface area contributed by atoms with Crippen LogP contribution in [0.3, 0.4) is 0 Å². The van der Waals surface area contributed by atoms with Crippen molar-refractivity contribution >= 4 is 17.6 Å². The lowest BCUT2D eigenvalue weighted by Crippen LogP contribution is -2.06. The zero-order chi connectivity index (χ0) is 11.6. The second kappa shape index (κ2) is 4.67. The molecular formula is C12H15ClO2. The number of hydrogen-bond acceptors (Lipinski definition) is 2. The number of methoxy groups -OCH3 is 1. The van der Waals surface area contributed by atoms with E-state index in [-0.39, 0.29) is 5.97 Å². The molecule has 0 bridgehead atoms. The Kier molecular flexibility index (Phi) is 3.75. The first-order valence-electron chi connectivity index (χ1n) is 4.85. The van der Waals surface area contributed by atoms with Gasteiger partial charge in [0.15, 0.2) is 0 Å². The van der Waals surface area contributed by atoms with Crippen molar-refractivity contribution in [3.05, 3.63) is 33.8 Å². The van der Waals surface area contributed by atoms with Gasteiger partial charge in [0.2, 0.25) is 0 Å². The lowest BCUT2D eigenvalue weighted by Gasteiger charge is -2.13. The Balaban J connectivity index is 3.34.